The molecule has 2 aromatic carbocycles. The summed E-state index contributed by atoms with van der Waals surface area (Å²) >= 11 is 6.16. The summed E-state index contributed by atoms with van der Waals surface area (Å²) < 4.78 is 3.34. The maximum Gasteiger partial charge on any atom is 0.329 e. The summed E-state index contributed by atoms with van der Waals surface area (Å²) in [6.07, 6.45) is 0. The van der Waals surface area contributed by atoms with E-state index in [1.807, 2.05) is 53.1 Å². The van der Waals surface area contributed by atoms with Crippen molar-refractivity contribution in [3.8, 4) is 0 Å². The molecule has 1 N–H and O–H groups in total. The monoisotopic (exact) mass is 464 g/mol. The number of nitrogens with one attached hydrogen (secondary N) is 1. The molecule has 3 heterocycles. The summed E-state index contributed by atoms with van der Waals surface area (Å²) in [4.78, 5) is 36.7. The quantitative estimate of drug-likeness (QED) is 0.491. The van der Waals surface area contributed by atoms with Crippen molar-refractivity contribution in [3.63, 3.8) is 0 Å². The molecule has 0 atom stereocenters. The number of aromatic nitrogens is 4. The number of benzene rings is 2. The van der Waals surface area contributed by atoms with Gasteiger partial charge in [-0.05, 0) is 23.8 Å². The number of hydrogen-bond acceptors (Lipinski definition) is 5. The van der Waals surface area contributed by atoms with Crippen LogP contribution >= 0.6 is 11.6 Å². The van der Waals surface area contributed by atoms with Gasteiger partial charge >= 0.3 is 5.69 Å². The van der Waals surface area contributed by atoms with Gasteiger partial charge in [-0.25, -0.2) is 9.78 Å². The van der Waals surface area contributed by atoms with E-state index in [0.717, 1.165) is 48.3 Å². The second-order valence-electron chi connectivity index (χ2n) is 8.33. The fourth-order valence-electron chi connectivity index (χ4n) is 4.37. The number of H-pyrrole nitrogens is 1. The smallest absolute Gasteiger partial charge is 0.329 e. The van der Waals surface area contributed by atoms with Crippen molar-refractivity contribution in [2.45, 2.75) is 13.1 Å². The van der Waals surface area contributed by atoms with Gasteiger partial charge in [0, 0.05) is 50.5 Å². The fraction of sp³-hybridized carbons (Fsp3) is 0.292. The zero-order valence-corrected chi connectivity index (χ0v) is 19.1. The van der Waals surface area contributed by atoms with Gasteiger partial charge in [0.25, 0.3) is 5.56 Å². The molecule has 1 aliphatic rings. The minimum Gasteiger partial charge on any atom is -0.369 e. The Kier molecular flexibility index (Phi) is 5.78. The van der Waals surface area contributed by atoms with Crippen LogP contribution in [0.25, 0.3) is 11.2 Å². The second kappa shape index (κ2) is 8.88. The van der Waals surface area contributed by atoms with Gasteiger partial charge in [0.1, 0.15) is 5.82 Å². The van der Waals surface area contributed by atoms with Crippen LogP contribution in [0, 0.1) is 0 Å². The van der Waals surface area contributed by atoms with Gasteiger partial charge in [-0.3, -0.25) is 19.2 Å². The molecule has 0 spiro atoms. The molecule has 0 saturated carbocycles. The Morgan fingerprint density at radius 3 is 2.45 bits per heavy atom. The van der Waals surface area contributed by atoms with E-state index in [0.29, 0.717) is 24.3 Å². The van der Waals surface area contributed by atoms with Crippen LogP contribution in [-0.4, -0.2) is 50.2 Å². The molecule has 33 heavy (non-hydrogen) atoms. The number of rotatable bonds is 5. The Morgan fingerprint density at radius 2 is 1.73 bits per heavy atom. The number of hydrogen-bond donors (Lipinski definition) is 1. The number of nitrogens with zero attached hydrogens (tertiary/aromatic N) is 5. The summed E-state index contributed by atoms with van der Waals surface area (Å²) in [7, 11) is 1.63. The normalized spacial score (nSPS) is 14.8. The largest absolute Gasteiger partial charge is 0.369 e. The average Bonchev–Trinajstić information content (AvgIpc) is 3.17. The van der Waals surface area contributed by atoms with E-state index in [1.165, 1.54) is 4.57 Å². The molecule has 8 nitrogen and oxygen atoms in total. The minimum absolute atomic E-state index is 0.409. The zero-order chi connectivity index (χ0) is 22.9. The lowest BCUT2D eigenvalue weighted by atomic mass is 10.2. The predicted octanol–water partition coefficient (Wildman–Crippen LogP) is 2.45. The number of halogens is 1. The van der Waals surface area contributed by atoms with Crippen molar-refractivity contribution in [1.82, 2.24) is 24.0 Å². The van der Waals surface area contributed by atoms with E-state index < -0.39 is 11.2 Å². The first-order chi connectivity index (χ1) is 16.0. The van der Waals surface area contributed by atoms with Crippen molar-refractivity contribution in [3.05, 3.63) is 91.8 Å². The van der Waals surface area contributed by atoms with Crippen LogP contribution in [0.2, 0.25) is 5.02 Å². The van der Waals surface area contributed by atoms with Crippen LogP contribution in [0.3, 0.4) is 0 Å². The van der Waals surface area contributed by atoms with E-state index >= 15 is 0 Å². The van der Waals surface area contributed by atoms with Gasteiger partial charge in [-0.15, -0.1) is 0 Å². The number of anilines is 1. The first-order valence-corrected chi connectivity index (χ1v) is 11.3. The molecule has 0 aliphatic carbocycles. The molecule has 1 saturated heterocycles. The molecule has 1 fully saturated rings. The highest BCUT2D eigenvalue weighted by molar-refractivity contribution is 6.30. The van der Waals surface area contributed by atoms with E-state index in [9.17, 15) is 9.59 Å². The van der Waals surface area contributed by atoms with Crippen LogP contribution in [0.5, 0.6) is 0 Å². The Bertz CT molecular complexity index is 1400. The van der Waals surface area contributed by atoms with Crippen molar-refractivity contribution in [2.75, 3.05) is 31.1 Å². The molecule has 5 rings (SSSR count). The summed E-state index contributed by atoms with van der Waals surface area (Å²) in [6.45, 7) is 4.57. The summed E-state index contributed by atoms with van der Waals surface area (Å²) in [5.41, 5.74) is 2.16. The maximum atomic E-state index is 12.7. The standard InChI is InChI=1S/C24H25ClN6O2/c1-28-22-21(23(32)27-24(28)33)31(15-17-6-3-2-4-7-17)20(26-22)16-29-10-12-30(13-11-29)19-9-5-8-18(25)14-19/h2-9,14H,10-13,15-16H2,1H3,(H,27,32,33). The zero-order valence-electron chi connectivity index (χ0n) is 18.4. The van der Waals surface area contributed by atoms with Crippen molar-refractivity contribution < 1.29 is 0 Å². The second-order valence-corrected chi connectivity index (χ2v) is 8.77. The molecule has 170 valence electrons. The van der Waals surface area contributed by atoms with Crippen LogP contribution in [0.1, 0.15) is 11.4 Å². The van der Waals surface area contributed by atoms with Crippen molar-refractivity contribution in [2.24, 2.45) is 7.05 Å². The number of aryl methyl sites for hydroxylation is 1. The third-order valence-corrected chi connectivity index (χ3v) is 6.42. The van der Waals surface area contributed by atoms with Gasteiger partial charge < -0.3 is 9.47 Å². The van der Waals surface area contributed by atoms with Gasteiger partial charge in [-0.1, -0.05) is 48.0 Å². The Hall–Kier alpha value is -3.36. The van der Waals surface area contributed by atoms with Crippen molar-refractivity contribution in [1.29, 1.82) is 0 Å². The van der Waals surface area contributed by atoms with Crippen molar-refractivity contribution >= 4 is 28.5 Å². The third kappa shape index (κ3) is 4.31. The molecule has 9 heteroatoms. The molecule has 4 aromatic rings. The SMILES string of the molecule is Cn1c(=O)[nH]c(=O)c2c1nc(CN1CCN(c3cccc(Cl)c3)CC1)n2Cc1ccccc1. The highest BCUT2D eigenvalue weighted by atomic mass is 35.5. The predicted molar refractivity (Wildman–Crippen MR) is 130 cm³/mol. The highest BCUT2D eigenvalue weighted by Gasteiger charge is 2.22. The summed E-state index contributed by atoms with van der Waals surface area (Å²) in [5.74, 6) is 0.775. The van der Waals surface area contributed by atoms with E-state index in [1.54, 1.807) is 7.05 Å². The van der Waals surface area contributed by atoms with E-state index in [2.05, 4.69) is 20.9 Å². The Balaban J connectivity index is 1.44. The third-order valence-electron chi connectivity index (χ3n) is 6.18. The number of fused-ring (bicyclic) bond motifs is 1. The molecular formula is C24H25ClN6O2. The first-order valence-electron chi connectivity index (χ1n) is 10.9. The molecule has 2 aromatic heterocycles. The van der Waals surface area contributed by atoms with Gasteiger partial charge in [-0.2, -0.15) is 0 Å². The van der Waals surface area contributed by atoms with E-state index in [-0.39, 0.29) is 0 Å². The Labute approximate surface area is 195 Å². The lowest BCUT2D eigenvalue weighted by Crippen LogP contribution is -2.46. The van der Waals surface area contributed by atoms with Crippen LogP contribution in [0.4, 0.5) is 5.69 Å². The molecule has 0 unspecified atom stereocenters. The summed E-state index contributed by atoms with van der Waals surface area (Å²) in [5, 5.41) is 0.736. The minimum atomic E-state index is -0.460. The molecular weight excluding hydrogens is 440 g/mol. The van der Waals surface area contributed by atoms with E-state index in [4.69, 9.17) is 16.6 Å². The van der Waals surface area contributed by atoms with Gasteiger partial charge in [0.05, 0.1) is 6.54 Å². The number of aromatic amines is 1. The highest BCUT2D eigenvalue weighted by Crippen LogP contribution is 2.22. The topological polar surface area (TPSA) is 79.2 Å². The van der Waals surface area contributed by atoms with Gasteiger partial charge in [0.2, 0.25) is 0 Å². The average molecular weight is 465 g/mol. The molecule has 1 aliphatic heterocycles. The van der Waals surface area contributed by atoms with Gasteiger partial charge in [0.15, 0.2) is 11.2 Å². The lowest BCUT2D eigenvalue weighted by molar-refractivity contribution is 0.241. The lowest BCUT2D eigenvalue weighted by Gasteiger charge is -2.36. The first kappa shape index (κ1) is 21.5. The van der Waals surface area contributed by atoms with Crippen LogP contribution < -0.4 is 16.1 Å². The molecule has 0 amide bonds. The Morgan fingerprint density at radius 1 is 0.970 bits per heavy atom. The van der Waals surface area contributed by atoms with Crippen LogP contribution in [-0.2, 0) is 20.1 Å². The maximum absolute atomic E-state index is 12.7. The molecule has 0 radical (unpaired) electrons. The van der Waals surface area contributed by atoms with Crippen LogP contribution in [0.15, 0.2) is 64.2 Å². The summed E-state index contributed by atoms with van der Waals surface area (Å²) in [6, 6.07) is 17.9. The number of imidazole rings is 1. The number of piperazine rings is 1. The fourth-order valence-corrected chi connectivity index (χ4v) is 4.56. The molecule has 0 bridgehead atoms.